The molecule has 3 aromatic rings. The van der Waals surface area contributed by atoms with Gasteiger partial charge in [0.25, 0.3) is 0 Å². The lowest BCUT2D eigenvalue weighted by Crippen LogP contribution is -2.31. The van der Waals surface area contributed by atoms with Crippen molar-refractivity contribution in [3.05, 3.63) is 80.1 Å². The second kappa shape index (κ2) is 11.3. The molecule has 0 saturated heterocycles. The highest BCUT2D eigenvalue weighted by Crippen LogP contribution is 2.35. The minimum absolute atomic E-state index is 0.230. The molecule has 1 heterocycles. The van der Waals surface area contributed by atoms with Crippen molar-refractivity contribution < 1.29 is 18.4 Å². The SMILES string of the molecule is CCN(CC)CCCCN=C1CC(c2ccc(C(F)(F)F)cc2)Cc2c1c(=O)c1cc(Cl)ccc1n2O. The minimum Gasteiger partial charge on any atom is -0.428 e. The summed E-state index contributed by atoms with van der Waals surface area (Å²) in [6.07, 6.45) is -1.92. The second-order valence-corrected chi connectivity index (χ2v) is 9.85. The van der Waals surface area contributed by atoms with Gasteiger partial charge in [-0.05, 0) is 87.1 Å². The fourth-order valence-electron chi connectivity index (χ4n) is 5.04. The first-order chi connectivity index (χ1) is 17.6. The van der Waals surface area contributed by atoms with Crippen molar-refractivity contribution in [1.82, 2.24) is 9.63 Å². The molecule has 1 atom stereocenters. The Kier molecular flexibility index (Phi) is 8.29. The third-order valence-electron chi connectivity index (χ3n) is 7.16. The zero-order valence-electron chi connectivity index (χ0n) is 21.0. The lowest BCUT2D eigenvalue weighted by Gasteiger charge is -2.28. The molecule has 198 valence electrons. The van der Waals surface area contributed by atoms with E-state index in [-0.39, 0.29) is 11.3 Å². The number of aromatic nitrogens is 1. The van der Waals surface area contributed by atoms with Gasteiger partial charge < -0.3 is 10.1 Å². The van der Waals surface area contributed by atoms with Crippen LogP contribution in [-0.2, 0) is 12.6 Å². The van der Waals surface area contributed by atoms with E-state index in [1.807, 2.05) is 0 Å². The first-order valence-electron chi connectivity index (χ1n) is 12.6. The molecule has 0 amide bonds. The number of pyridine rings is 1. The van der Waals surface area contributed by atoms with Crippen LogP contribution < -0.4 is 5.43 Å². The maximum atomic E-state index is 13.5. The minimum atomic E-state index is -4.42. The average Bonchev–Trinajstić information content (AvgIpc) is 2.88. The number of unbranched alkanes of at least 4 members (excludes halogenated alkanes) is 1. The second-order valence-electron chi connectivity index (χ2n) is 9.41. The lowest BCUT2D eigenvalue weighted by molar-refractivity contribution is -0.137. The topological polar surface area (TPSA) is 57.8 Å². The van der Waals surface area contributed by atoms with Gasteiger partial charge in [0.15, 0.2) is 5.43 Å². The average molecular weight is 534 g/mol. The number of benzene rings is 2. The van der Waals surface area contributed by atoms with Crippen molar-refractivity contribution in [3.8, 4) is 0 Å². The van der Waals surface area contributed by atoms with Gasteiger partial charge in [0.1, 0.15) is 0 Å². The van der Waals surface area contributed by atoms with Gasteiger partial charge in [-0.25, -0.2) is 0 Å². The number of fused-ring (bicyclic) bond motifs is 2. The van der Waals surface area contributed by atoms with Crippen molar-refractivity contribution in [1.29, 1.82) is 0 Å². The fourth-order valence-corrected chi connectivity index (χ4v) is 5.22. The first kappa shape index (κ1) is 27.2. The summed E-state index contributed by atoms with van der Waals surface area (Å²) in [5, 5.41) is 11.8. The first-order valence-corrected chi connectivity index (χ1v) is 13.0. The molecule has 0 saturated carbocycles. The fraction of sp³-hybridized carbons (Fsp3) is 0.429. The summed E-state index contributed by atoms with van der Waals surface area (Å²) in [4.78, 5) is 20.7. The molecule has 1 aromatic heterocycles. The predicted molar refractivity (Wildman–Crippen MR) is 141 cm³/mol. The highest BCUT2D eigenvalue weighted by molar-refractivity contribution is 6.31. The molecule has 4 rings (SSSR count). The lowest BCUT2D eigenvalue weighted by atomic mass is 9.80. The van der Waals surface area contributed by atoms with Crippen LogP contribution in [0.25, 0.3) is 10.9 Å². The van der Waals surface area contributed by atoms with Gasteiger partial charge >= 0.3 is 6.18 Å². The van der Waals surface area contributed by atoms with Gasteiger partial charge in [-0.15, -0.1) is 0 Å². The Hall–Kier alpha value is -2.84. The summed E-state index contributed by atoms with van der Waals surface area (Å²) in [5.74, 6) is -0.230. The van der Waals surface area contributed by atoms with E-state index in [1.54, 1.807) is 12.1 Å². The normalized spacial score (nSPS) is 17.1. The van der Waals surface area contributed by atoms with Gasteiger partial charge in [-0.1, -0.05) is 37.6 Å². The number of halogens is 4. The van der Waals surface area contributed by atoms with E-state index < -0.39 is 11.7 Å². The van der Waals surface area contributed by atoms with Crippen LogP contribution in [0.1, 0.15) is 61.4 Å². The van der Waals surface area contributed by atoms with Gasteiger partial charge in [0.2, 0.25) is 0 Å². The van der Waals surface area contributed by atoms with Crippen molar-refractivity contribution in [3.63, 3.8) is 0 Å². The van der Waals surface area contributed by atoms with Crippen LogP contribution in [0, 0.1) is 0 Å². The van der Waals surface area contributed by atoms with Crippen molar-refractivity contribution in [2.24, 2.45) is 4.99 Å². The quantitative estimate of drug-likeness (QED) is 0.264. The molecule has 0 radical (unpaired) electrons. The van der Waals surface area contributed by atoms with Crippen LogP contribution in [0.2, 0.25) is 5.02 Å². The van der Waals surface area contributed by atoms with E-state index in [4.69, 9.17) is 16.6 Å². The Morgan fingerprint density at radius 1 is 1.08 bits per heavy atom. The predicted octanol–water partition coefficient (Wildman–Crippen LogP) is 6.55. The summed E-state index contributed by atoms with van der Waals surface area (Å²) in [5.41, 5.74) is 1.43. The molecule has 9 heteroatoms. The molecule has 1 aliphatic rings. The Morgan fingerprint density at radius 2 is 1.78 bits per heavy atom. The summed E-state index contributed by atoms with van der Waals surface area (Å²) in [6.45, 7) is 7.71. The summed E-state index contributed by atoms with van der Waals surface area (Å²) in [6, 6.07) is 9.82. The smallest absolute Gasteiger partial charge is 0.416 e. The molecule has 37 heavy (non-hydrogen) atoms. The highest BCUT2D eigenvalue weighted by Gasteiger charge is 2.33. The van der Waals surface area contributed by atoms with Crippen LogP contribution in [0.3, 0.4) is 0 Å². The van der Waals surface area contributed by atoms with Crippen LogP contribution in [0.4, 0.5) is 13.2 Å². The van der Waals surface area contributed by atoms with Gasteiger partial charge in [-0.3, -0.25) is 9.79 Å². The monoisotopic (exact) mass is 533 g/mol. The molecule has 0 fully saturated rings. The highest BCUT2D eigenvalue weighted by atomic mass is 35.5. The van der Waals surface area contributed by atoms with E-state index in [9.17, 15) is 23.2 Å². The molecule has 1 aliphatic carbocycles. The zero-order valence-corrected chi connectivity index (χ0v) is 21.7. The molecule has 2 aromatic carbocycles. The number of hydrogen-bond acceptors (Lipinski definition) is 4. The molecular formula is C28H31ClF3N3O2. The largest absolute Gasteiger partial charge is 0.428 e. The number of nitrogens with zero attached hydrogens (tertiary/aromatic N) is 3. The molecule has 1 unspecified atom stereocenters. The van der Waals surface area contributed by atoms with Crippen LogP contribution in [-0.4, -0.2) is 46.7 Å². The maximum Gasteiger partial charge on any atom is 0.416 e. The summed E-state index contributed by atoms with van der Waals surface area (Å²) in [7, 11) is 0. The maximum absolute atomic E-state index is 13.5. The number of rotatable bonds is 8. The molecule has 5 nitrogen and oxygen atoms in total. The van der Waals surface area contributed by atoms with Gasteiger partial charge in [0, 0.05) is 17.3 Å². The third-order valence-corrected chi connectivity index (χ3v) is 7.39. The van der Waals surface area contributed by atoms with E-state index in [0.29, 0.717) is 57.8 Å². The van der Waals surface area contributed by atoms with Crippen LogP contribution in [0.15, 0.2) is 52.3 Å². The summed E-state index contributed by atoms with van der Waals surface area (Å²) >= 11 is 6.13. The zero-order chi connectivity index (χ0) is 26.7. The Bertz CT molecular complexity index is 1350. The van der Waals surface area contributed by atoms with E-state index in [1.165, 1.54) is 18.2 Å². The van der Waals surface area contributed by atoms with Crippen molar-refractivity contribution in [2.75, 3.05) is 26.2 Å². The number of alkyl halides is 3. The van der Waals surface area contributed by atoms with Gasteiger partial charge in [-0.2, -0.15) is 17.9 Å². The summed E-state index contributed by atoms with van der Waals surface area (Å²) < 4.78 is 40.3. The third kappa shape index (κ3) is 5.85. The Morgan fingerprint density at radius 3 is 2.43 bits per heavy atom. The van der Waals surface area contributed by atoms with Crippen LogP contribution in [0.5, 0.6) is 0 Å². The molecule has 1 N–H and O–H groups in total. The Balaban J connectivity index is 1.71. The van der Waals surface area contributed by atoms with E-state index in [0.717, 1.165) is 49.3 Å². The van der Waals surface area contributed by atoms with Crippen molar-refractivity contribution >= 4 is 28.2 Å². The Labute approximate surface area is 219 Å². The molecular weight excluding hydrogens is 503 g/mol. The van der Waals surface area contributed by atoms with E-state index in [2.05, 4.69) is 18.7 Å². The van der Waals surface area contributed by atoms with Gasteiger partial charge in [0.05, 0.1) is 27.7 Å². The molecule has 0 bridgehead atoms. The van der Waals surface area contributed by atoms with E-state index >= 15 is 0 Å². The number of aliphatic imine (C=N–C) groups is 1. The standard InChI is InChI=1S/C28H31ClF3N3O2/c1-3-34(4-2)14-6-5-13-33-23-15-19(18-7-9-20(10-8-18)28(30,31)32)16-25-26(23)27(36)22-17-21(29)11-12-24(22)35(25)37/h7-12,17,19,37H,3-6,13-16H2,1-2H3. The molecule has 0 aliphatic heterocycles. The van der Waals surface area contributed by atoms with Crippen LogP contribution >= 0.6 is 11.6 Å². The molecule has 0 spiro atoms. The van der Waals surface area contributed by atoms with Crippen molar-refractivity contribution in [2.45, 2.75) is 51.6 Å². The number of hydrogen-bond donors (Lipinski definition) is 1.